The van der Waals surface area contributed by atoms with Gasteiger partial charge in [-0.15, -0.1) is 0 Å². The number of rotatable bonds is 5. The largest absolute Gasteiger partial charge is 0.408 e. The summed E-state index contributed by atoms with van der Waals surface area (Å²) in [5.74, 6) is 2.17. The number of aromatic nitrogens is 4. The van der Waals surface area contributed by atoms with Crippen LogP contribution in [0.4, 0.5) is 13.2 Å². The first-order valence-corrected chi connectivity index (χ1v) is 12.0. The van der Waals surface area contributed by atoms with E-state index in [9.17, 15) is 13.2 Å². The molecule has 158 valence electrons. The highest BCUT2D eigenvalue weighted by atomic mass is 79.9. The minimum Gasteiger partial charge on any atom is -0.281 e. The van der Waals surface area contributed by atoms with Crippen LogP contribution in [-0.4, -0.2) is 26.2 Å². The van der Waals surface area contributed by atoms with Crippen LogP contribution in [-0.2, 0) is 6.54 Å². The lowest BCUT2D eigenvalue weighted by atomic mass is 10.2. The average Bonchev–Trinajstić information content (AvgIpc) is 3.52. The summed E-state index contributed by atoms with van der Waals surface area (Å²) in [7, 11) is 0. The van der Waals surface area contributed by atoms with Gasteiger partial charge in [0, 0.05) is 23.7 Å². The molecule has 4 aliphatic rings. The Kier molecular flexibility index (Phi) is 5.12. The minimum atomic E-state index is -4.20. The van der Waals surface area contributed by atoms with Gasteiger partial charge in [0.25, 0.3) is 0 Å². The Bertz CT molecular complexity index is 874. The first-order chi connectivity index (χ1) is 13.8. The molecule has 0 aliphatic heterocycles. The smallest absolute Gasteiger partial charge is 0.281 e. The second-order valence-corrected chi connectivity index (χ2v) is 10.4. The average molecular weight is 536 g/mol. The maximum atomic E-state index is 12.5. The van der Waals surface area contributed by atoms with Crippen molar-refractivity contribution in [2.45, 2.75) is 87.8 Å². The quantitative estimate of drug-likeness (QED) is 0.453. The predicted molar refractivity (Wildman–Crippen MR) is 110 cm³/mol. The number of halogens is 5. The molecule has 9 heteroatoms. The molecule has 0 saturated heterocycles. The number of H-pyrrole nitrogens is 1. The second-order valence-electron chi connectivity index (χ2n) is 8.79. The zero-order valence-electron chi connectivity index (χ0n) is 15.9. The van der Waals surface area contributed by atoms with Gasteiger partial charge in [-0.3, -0.25) is 9.78 Å². The number of hydrogen-bond donors (Lipinski definition) is 1. The number of alkyl halides is 3. The van der Waals surface area contributed by atoms with Crippen molar-refractivity contribution in [2.24, 2.45) is 0 Å². The Morgan fingerprint density at radius 2 is 1.38 bits per heavy atom. The SMILES string of the molecule is Brc1c(C2CC2)n[nH]c1C1CC1.FC(F)(F)Cn1nc(C2CC2)c(Br)c1C1CC1. The molecule has 6 rings (SSSR count). The Morgan fingerprint density at radius 3 is 1.90 bits per heavy atom. The van der Waals surface area contributed by atoms with Crippen LogP contribution in [0.2, 0.25) is 0 Å². The third-order valence-electron chi connectivity index (χ3n) is 5.92. The van der Waals surface area contributed by atoms with Crippen molar-refractivity contribution in [2.75, 3.05) is 0 Å². The lowest BCUT2D eigenvalue weighted by Gasteiger charge is -2.09. The van der Waals surface area contributed by atoms with Crippen LogP contribution in [0, 0.1) is 0 Å². The first-order valence-electron chi connectivity index (χ1n) is 10.4. The van der Waals surface area contributed by atoms with Gasteiger partial charge in [0.15, 0.2) is 0 Å². The number of nitrogens with zero attached hydrogens (tertiary/aromatic N) is 3. The third kappa shape index (κ3) is 4.60. The molecule has 0 bridgehead atoms. The van der Waals surface area contributed by atoms with Gasteiger partial charge >= 0.3 is 6.18 Å². The molecule has 2 aromatic rings. The van der Waals surface area contributed by atoms with Crippen LogP contribution in [0.5, 0.6) is 0 Å². The second kappa shape index (κ2) is 7.39. The van der Waals surface area contributed by atoms with Gasteiger partial charge in [-0.25, -0.2) is 0 Å². The Morgan fingerprint density at radius 1 is 0.828 bits per heavy atom. The van der Waals surface area contributed by atoms with Gasteiger partial charge in [-0.05, 0) is 83.2 Å². The highest BCUT2D eigenvalue weighted by molar-refractivity contribution is 9.10. The summed E-state index contributed by atoms with van der Waals surface area (Å²) in [6.45, 7) is -0.968. The van der Waals surface area contributed by atoms with Crippen molar-refractivity contribution >= 4 is 31.9 Å². The molecule has 2 heterocycles. The fourth-order valence-corrected chi connectivity index (χ4v) is 5.51. The van der Waals surface area contributed by atoms with Gasteiger partial charge in [-0.2, -0.15) is 23.4 Å². The summed E-state index contributed by atoms with van der Waals surface area (Å²) < 4.78 is 40.7. The summed E-state index contributed by atoms with van der Waals surface area (Å²) >= 11 is 7.08. The van der Waals surface area contributed by atoms with Crippen LogP contribution in [0.3, 0.4) is 0 Å². The van der Waals surface area contributed by atoms with Crippen LogP contribution in [0.25, 0.3) is 0 Å². The normalized spacial score (nSPS) is 21.8. The van der Waals surface area contributed by atoms with E-state index in [-0.39, 0.29) is 5.92 Å². The number of aromatic amines is 1. The van der Waals surface area contributed by atoms with Gasteiger partial charge < -0.3 is 0 Å². The van der Waals surface area contributed by atoms with E-state index in [1.807, 2.05) is 0 Å². The maximum Gasteiger partial charge on any atom is 0.408 e. The minimum absolute atomic E-state index is 0.270. The lowest BCUT2D eigenvalue weighted by Crippen LogP contribution is -2.20. The molecular formula is C20H23Br2F3N4. The summed E-state index contributed by atoms with van der Waals surface area (Å²) in [6, 6.07) is 0. The highest BCUT2D eigenvalue weighted by Crippen LogP contribution is 2.50. The van der Waals surface area contributed by atoms with Crippen LogP contribution >= 0.6 is 31.9 Å². The van der Waals surface area contributed by atoms with Crippen LogP contribution in [0.15, 0.2) is 8.95 Å². The standard InChI is InChI=1S/C11H12BrF3N2.C9H11BrN2/c12-8-9(6-1-2-6)16-17(5-11(13,14)15)10(8)7-3-4-7;10-7-8(5-1-2-5)11-12-9(7)6-3-4-6/h6-7H,1-5H2;5-6H,1-4H2,(H,11,12). The molecule has 0 radical (unpaired) electrons. The molecule has 0 amide bonds. The molecule has 2 aromatic heterocycles. The fraction of sp³-hybridized carbons (Fsp3) is 0.700. The molecule has 4 saturated carbocycles. The molecule has 0 unspecified atom stereocenters. The van der Waals surface area contributed by atoms with E-state index in [1.165, 1.54) is 41.5 Å². The number of nitrogens with one attached hydrogen (secondary N) is 1. The fourth-order valence-electron chi connectivity index (χ4n) is 3.75. The summed E-state index contributed by atoms with van der Waals surface area (Å²) in [6.07, 6.45) is 5.18. The topological polar surface area (TPSA) is 46.5 Å². The van der Waals surface area contributed by atoms with Crippen molar-refractivity contribution in [1.29, 1.82) is 0 Å². The molecule has 1 N–H and O–H groups in total. The Balaban J connectivity index is 0.000000132. The van der Waals surface area contributed by atoms with Gasteiger partial charge in [-0.1, -0.05) is 0 Å². The third-order valence-corrected chi connectivity index (χ3v) is 7.57. The molecule has 0 spiro atoms. The molecular weight excluding hydrogens is 513 g/mol. The van der Waals surface area contributed by atoms with E-state index in [1.54, 1.807) is 0 Å². The lowest BCUT2D eigenvalue weighted by molar-refractivity contribution is -0.143. The molecule has 0 atom stereocenters. The Hall–Kier alpha value is -0.830. The Labute approximate surface area is 184 Å². The van der Waals surface area contributed by atoms with E-state index < -0.39 is 12.7 Å². The van der Waals surface area contributed by atoms with Crippen molar-refractivity contribution in [3.05, 3.63) is 31.7 Å². The number of hydrogen-bond acceptors (Lipinski definition) is 2. The molecule has 29 heavy (non-hydrogen) atoms. The molecule has 4 nitrogen and oxygen atoms in total. The zero-order chi connectivity index (χ0) is 20.3. The zero-order valence-corrected chi connectivity index (χ0v) is 19.1. The van der Waals surface area contributed by atoms with Gasteiger partial charge in [0.1, 0.15) is 6.54 Å². The highest BCUT2D eigenvalue weighted by Gasteiger charge is 2.39. The van der Waals surface area contributed by atoms with E-state index in [2.05, 4.69) is 47.2 Å². The van der Waals surface area contributed by atoms with Gasteiger partial charge in [0.05, 0.1) is 31.7 Å². The molecule has 4 aliphatic carbocycles. The van der Waals surface area contributed by atoms with E-state index in [0.717, 1.165) is 58.1 Å². The summed E-state index contributed by atoms with van der Waals surface area (Å²) in [5, 5.41) is 11.7. The van der Waals surface area contributed by atoms with Crippen LogP contribution < -0.4 is 0 Å². The summed E-state index contributed by atoms with van der Waals surface area (Å²) in [4.78, 5) is 0. The molecule has 0 aromatic carbocycles. The summed E-state index contributed by atoms with van der Waals surface area (Å²) in [5.41, 5.74) is 4.20. The van der Waals surface area contributed by atoms with Gasteiger partial charge in [0.2, 0.25) is 0 Å². The van der Waals surface area contributed by atoms with E-state index in [4.69, 9.17) is 0 Å². The predicted octanol–water partition coefficient (Wildman–Crippen LogP) is 6.89. The maximum absolute atomic E-state index is 12.5. The van der Waals surface area contributed by atoms with E-state index >= 15 is 0 Å². The van der Waals surface area contributed by atoms with Crippen molar-refractivity contribution < 1.29 is 13.2 Å². The monoisotopic (exact) mass is 534 g/mol. The van der Waals surface area contributed by atoms with Crippen LogP contribution in [0.1, 0.15) is 97.8 Å². The van der Waals surface area contributed by atoms with Crippen molar-refractivity contribution in [1.82, 2.24) is 20.0 Å². The van der Waals surface area contributed by atoms with Crippen molar-refractivity contribution in [3.8, 4) is 0 Å². The first kappa shape index (κ1) is 20.1. The van der Waals surface area contributed by atoms with Crippen molar-refractivity contribution in [3.63, 3.8) is 0 Å². The molecule has 4 fully saturated rings. The van der Waals surface area contributed by atoms with E-state index in [0.29, 0.717) is 5.92 Å².